The van der Waals surface area contributed by atoms with Crippen molar-refractivity contribution >= 4 is 11.4 Å². The molecule has 0 aliphatic carbocycles. The second-order valence-electron chi connectivity index (χ2n) is 4.71. The van der Waals surface area contributed by atoms with E-state index in [2.05, 4.69) is 0 Å². The molecule has 24 heavy (non-hydrogen) atoms. The average molecular weight is 334 g/mol. The normalized spacial score (nSPS) is 10.5. The molecular formula is C15H14N2O7. The molecule has 0 aromatic heterocycles. The summed E-state index contributed by atoms with van der Waals surface area (Å²) in [4.78, 5) is 21.3. The number of benzene rings is 2. The van der Waals surface area contributed by atoms with E-state index in [1.54, 1.807) is 0 Å². The number of methoxy groups -OCH3 is 2. The van der Waals surface area contributed by atoms with Crippen molar-refractivity contribution in [3.8, 4) is 11.5 Å². The standard InChI is InChI=1S/C15H14N2O7/c1-23-11-7-3-5-9(13(11)16(19)20)15(18)10-6-4-8-12(24-2)14(10)17(21)22/h3-8,15,18H,1-2H3. The van der Waals surface area contributed by atoms with Crippen LogP contribution in [0.2, 0.25) is 0 Å². The Morgan fingerprint density at radius 2 is 1.25 bits per heavy atom. The summed E-state index contributed by atoms with van der Waals surface area (Å²) in [5, 5.41) is 33.2. The lowest BCUT2D eigenvalue weighted by Crippen LogP contribution is -2.08. The van der Waals surface area contributed by atoms with E-state index in [1.807, 2.05) is 0 Å². The molecule has 9 heteroatoms. The Morgan fingerprint density at radius 3 is 1.54 bits per heavy atom. The molecule has 0 heterocycles. The molecule has 126 valence electrons. The molecule has 0 saturated heterocycles. The van der Waals surface area contributed by atoms with Gasteiger partial charge in [0.1, 0.15) is 6.10 Å². The minimum atomic E-state index is -1.60. The van der Waals surface area contributed by atoms with E-state index < -0.39 is 27.3 Å². The van der Waals surface area contributed by atoms with Crippen molar-refractivity contribution in [2.24, 2.45) is 0 Å². The van der Waals surface area contributed by atoms with Gasteiger partial charge in [-0.1, -0.05) is 12.1 Å². The molecule has 2 aromatic rings. The Kier molecular flexibility index (Phi) is 4.95. The van der Waals surface area contributed by atoms with Crippen LogP contribution in [0, 0.1) is 20.2 Å². The highest BCUT2D eigenvalue weighted by atomic mass is 16.6. The third-order valence-corrected chi connectivity index (χ3v) is 3.45. The number of aliphatic hydroxyl groups excluding tert-OH is 1. The second kappa shape index (κ2) is 6.92. The van der Waals surface area contributed by atoms with Crippen molar-refractivity contribution in [1.82, 2.24) is 0 Å². The molecule has 2 aromatic carbocycles. The van der Waals surface area contributed by atoms with Crippen LogP contribution in [0.1, 0.15) is 17.2 Å². The summed E-state index contributed by atoms with van der Waals surface area (Å²) < 4.78 is 9.89. The zero-order chi connectivity index (χ0) is 17.9. The van der Waals surface area contributed by atoms with E-state index in [0.29, 0.717) is 0 Å². The lowest BCUT2D eigenvalue weighted by molar-refractivity contribution is -0.388. The number of nitro groups is 2. The molecule has 2 rings (SSSR count). The number of nitrogens with zero attached hydrogens (tertiary/aromatic N) is 2. The highest BCUT2D eigenvalue weighted by Crippen LogP contribution is 2.41. The Labute approximate surface area is 136 Å². The summed E-state index contributed by atoms with van der Waals surface area (Å²) in [6, 6.07) is 8.28. The Morgan fingerprint density at radius 1 is 0.875 bits per heavy atom. The smallest absolute Gasteiger partial charge is 0.317 e. The fraction of sp³-hybridized carbons (Fsp3) is 0.200. The largest absolute Gasteiger partial charge is 0.490 e. The van der Waals surface area contributed by atoms with E-state index in [-0.39, 0.29) is 22.6 Å². The number of ether oxygens (including phenoxy) is 2. The quantitative estimate of drug-likeness (QED) is 0.635. The van der Waals surface area contributed by atoms with Crippen LogP contribution >= 0.6 is 0 Å². The van der Waals surface area contributed by atoms with Gasteiger partial charge >= 0.3 is 11.4 Å². The third-order valence-electron chi connectivity index (χ3n) is 3.45. The monoisotopic (exact) mass is 334 g/mol. The van der Waals surface area contributed by atoms with Gasteiger partial charge in [-0.05, 0) is 24.3 Å². The number of para-hydroxylation sites is 2. The van der Waals surface area contributed by atoms with Crippen LogP contribution in [0.4, 0.5) is 11.4 Å². The van der Waals surface area contributed by atoms with Gasteiger partial charge in [-0.15, -0.1) is 0 Å². The topological polar surface area (TPSA) is 125 Å². The summed E-state index contributed by atoms with van der Waals surface area (Å²) in [6.07, 6.45) is -1.60. The minimum Gasteiger partial charge on any atom is -0.490 e. The van der Waals surface area contributed by atoms with Gasteiger partial charge in [0.15, 0.2) is 11.5 Å². The van der Waals surface area contributed by atoms with E-state index in [4.69, 9.17) is 9.47 Å². The van der Waals surface area contributed by atoms with Gasteiger partial charge in [-0.25, -0.2) is 0 Å². The molecule has 0 aliphatic heterocycles. The van der Waals surface area contributed by atoms with Crippen LogP contribution in [0.5, 0.6) is 11.5 Å². The van der Waals surface area contributed by atoms with Gasteiger partial charge in [0.25, 0.3) is 0 Å². The SMILES string of the molecule is COc1cccc(C(O)c2cccc(OC)c2[N+](=O)[O-])c1[N+](=O)[O-]. The molecule has 0 amide bonds. The zero-order valence-electron chi connectivity index (χ0n) is 12.8. The maximum Gasteiger partial charge on any atom is 0.317 e. The van der Waals surface area contributed by atoms with Crippen molar-refractivity contribution in [3.05, 3.63) is 67.8 Å². The van der Waals surface area contributed by atoms with E-state index in [1.165, 1.54) is 50.6 Å². The number of aliphatic hydroxyl groups is 1. The Balaban J connectivity index is 2.69. The fourth-order valence-electron chi connectivity index (χ4n) is 2.41. The maximum absolute atomic E-state index is 11.3. The number of rotatable bonds is 6. The third kappa shape index (κ3) is 2.97. The van der Waals surface area contributed by atoms with E-state index >= 15 is 0 Å². The first-order valence-electron chi connectivity index (χ1n) is 6.73. The highest BCUT2D eigenvalue weighted by molar-refractivity contribution is 5.60. The van der Waals surface area contributed by atoms with Gasteiger partial charge in [0.05, 0.1) is 35.2 Å². The summed E-state index contributed by atoms with van der Waals surface area (Å²) in [7, 11) is 2.51. The van der Waals surface area contributed by atoms with Crippen LogP contribution in [0.3, 0.4) is 0 Å². The van der Waals surface area contributed by atoms with Crippen LogP contribution in [0.15, 0.2) is 36.4 Å². The molecule has 0 saturated carbocycles. The molecule has 1 N–H and O–H groups in total. The molecule has 0 fully saturated rings. The molecule has 0 bridgehead atoms. The summed E-state index contributed by atoms with van der Waals surface area (Å²) in [5.41, 5.74) is -1.14. The highest BCUT2D eigenvalue weighted by Gasteiger charge is 2.32. The van der Waals surface area contributed by atoms with E-state index in [0.717, 1.165) is 0 Å². The van der Waals surface area contributed by atoms with Gasteiger partial charge in [0, 0.05) is 0 Å². The number of hydrogen-bond donors (Lipinski definition) is 1. The molecular weight excluding hydrogens is 320 g/mol. The number of nitro benzene ring substituents is 2. The molecule has 0 atom stereocenters. The van der Waals surface area contributed by atoms with Gasteiger partial charge < -0.3 is 14.6 Å². The maximum atomic E-state index is 11.3. The van der Waals surface area contributed by atoms with Crippen LogP contribution in [0.25, 0.3) is 0 Å². The van der Waals surface area contributed by atoms with Crippen molar-refractivity contribution in [3.63, 3.8) is 0 Å². The first kappa shape index (κ1) is 17.2. The predicted octanol–water partition coefficient (Wildman–Crippen LogP) is 2.60. The first-order valence-corrected chi connectivity index (χ1v) is 6.73. The molecule has 0 aliphatic rings. The Hall–Kier alpha value is -3.20. The fourth-order valence-corrected chi connectivity index (χ4v) is 2.41. The van der Waals surface area contributed by atoms with Gasteiger partial charge in [-0.2, -0.15) is 0 Å². The lowest BCUT2D eigenvalue weighted by atomic mass is 9.97. The summed E-state index contributed by atoms with van der Waals surface area (Å²) >= 11 is 0. The summed E-state index contributed by atoms with van der Waals surface area (Å²) in [6.45, 7) is 0. The molecule has 0 radical (unpaired) electrons. The van der Waals surface area contributed by atoms with E-state index in [9.17, 15) is 25.3 Å². The van der Waals surface area contributed by atoms with Crippen LogP contribution in [-0.2, 0) is 0 Å². The lowest BCUT2D eigenvalue weighted by Gasteiger charge is -2.14. The molecule has 0 unspecified atom stereocenters. The van der Waals surface area contributed by atoms with Crippen molar-refractivity contribution in [2.75, 3.05) is 14.2 Å². The average Bonchev–Trinajstić information content (AvgIpc) is 2.59. The predicted molar refractivity (Wildman–Crippen MR) is 83.4 cm³/mol. The van der Waals surface area contributed by atoms with Crippen molar-refractivity contribution in [1.29, 1.82) is 0 Å². The summed E-state index contributed by atoms with van der Waals surface area (Å²) in [5.74, 6) is -0.107. The molecule has 9 nitrogen and oxygen atoms in total. The number of hydrogen-bond acceptors (Lipinski definition) is 7. The van der Waals surface area contributed by atoms with Crippen molar-refractivity contribution in [2.45, 2.75) is 6.10 Å². The van der Waals surface area contributed by atoms with Gasteiger partial charge in [0.2, 0.25) is 0 Å². The van der Waals surface area contributed by atoms with Crippen LogP contribution in [-0.4, -0.2) is 29.2 Å². The van der Waals surface area contributed by atoms with Gasteiger partial charge in [-0.3, -0.25) is 20.2 Å². The second-order valence-corrected chi connectivity index (χ2v) is 4.71. The molecule has 0 spiro atoms. The first-order chi connectivity index (χ1) is 11.4. The Bertz CT molecular complexity index is 726. The zero-order valence-corrected chi connectivity index (χ0v) is 12.8. The van der Waals surface area contributed by atoms with Crippen molar-refractivity contribution < 1.29 is 24.4 Å². The minimum absolute atomic E-state index is 0.0536. The van der Waals surface area contributed by atoms with Crippen LogP contribution < -0.4 is 9.47 Å².